The Hall–Kier alpha value is -2.53. The van der Waals surface area contributed by atoms with E-state index in [9.17, 15) is 9.90 Å². The number of para-hydroxylation sites is 1. The SMILES string of the molecule is Cc1ccccc1OCC1CCCN(C(=O)NCc2cccc(CO)c2)C1. The number of rotatable bonds is 6. The summed E-state index contributed by atoms with van der Waals surface area (Å²) in [4.78, 5) is 14.4. The molecule has 1 aliphatic heterocycles. The Bertz CT molecular complexity index is 763. The van der Waals surface area contributed by atoms with Crippen LogP contribution in [0.25, 0.3) is 0 Å². The fourth-order valence-electron chi connectivity index (χ4n) is 3.44. The van der Waals surface area contributed by atoms with Crippen molar-refractivity contribution in [1.29, 1.82) is 0 Å². The molecule has 144 valence electrons. The van der Waals surface area contributed by atoms with E-state index in [0.29, 0.717) is 25.6 Å². The number of carbonyl (C=O) groups excluding carboxylic acids is 1. The van der Waals surface area contributed by atoms with Crippen molar-refractivity contribution in [2.24, 2.45) is 5.92 Å². The second-order valence-electron chi connectivity index (χ2n) is 7.17. The normalized spacial score (nSPS) is 16.8. The summed E-state index contributed by atoms with van der Waals surface area (Å²) >= 11 is 0. The first-order valence-corrected chi connectivity index (χ1v) is 9.55. The lowest BCUT2D eigenvalue weighted by Crippen LogP contribution is -2.46. The van der Waals surface area contributed by atoms with Crippen LogP contribution in [0.3, 0.4) is 0 Å². The highest BCUT2D eigenvalue weighted by Crippen LogP contribution is 2.21. The predicted molar refractivity (Wildman–Crippen MR) is 106 cm³/mol. The van der Waals surface area contributed by atoms with Gasteiger partial charge in [0.1, 0.15) is 5.75 Å². The van der Waals surface area contributed by atoms with Crippen molar-refractivity contribution in [2.45, 2.75) is 32.9 Å². The van der Waals surface area contributed by atoms with Crippen LogP contribution in [0.15, 0.2) is 48.5 Å². The second-order valence-corrected chi connectivity index (χ2v) is 7.17. The van der Waals surface area contributed by atoms with Crippen LogP contribution in [-0.4, -0.2) is 35.7 Å². The summed E-state index contributed by atoms with van der Waals surface area (Å²) in [6, 6.07) is 15.6. The molecule has 0 saturated carbocycles. The molecule has 5 nitrogen and oxygen atoms in total. The number of carbonyl (C=O) groups is 1. The number of aryl methyl sites for hydroxylation is 1. The summed E-state index contributed by atoms with van der Waals surface area (Å²) in [5.41, 5.74) is 2.98. The second kappa shape index (κ2) is 9.42. The molecule has 2 N–H and O–H groups in total. The van der Waals surface area contributed by atoms with Crippen molar-refractivity contribution >= 4 is 6.03 Å². The molecular weight excluding hydrogens is 340 g/mol. The monoisotopic (exact) mass is 368 g/mol. The molecule has 1 fully saturated rings. The minimum absolute atomic E-state index is 0.0104. The average molecular weight is 368 g/mol. The van der Waals surface area contributed by atoms with Crippen molar-refractivity contribution in [3.05, 3.63) is 65.2 Å². The highest BCUT2D eigenvalue weighted by Gasteiger charge is 2.24. The summed E-state index contributed by atoms with van der Waals surface area (Å²) in [6.07, 6.45) is 2.07. The number of aliphatic hydroxyl groups excluding tert-OH is 1. The van der Waals surface area contributed by atoms with Crippen molar-refractivity contribution in [3.63, 3.8) is 0 Å². The zero-order valence-electron chi connectivity index (χ0n) is 15.9. The molecule has 0 aliphatic carbocycles. The molecule has 0 aromatic heterocycles. The molecule has 2 aromatic rings. The van der Waals surface area contributed by atoms with Crippen molar-refractivity contribution < 1.29 is 14.6 Å². The molecule has 3 rings (SSSR count). The van der Waals surface area contributed by atoms with Crippen molar-refractivity contribution in [1.82, 2.24) is 10.2 Å². The molecule has 1 heterocycles. The summed E-state index contributed by atoms with van der Waals surface area (Å²) in [5, 5.41) is 12.2. The predicted octanol–water partition coefficient (Wildman–Crippen LogP) is 3.49. The number of hydrogen-bond donors (Lipinski definition) is 2. The largest absolute Gasteiger partial charge is 0.493 e. The molecule has 1 unspecified atom stereocenters. The first kappa shape index (κ1) is 19.2. The Balaban J connectivity index is 1.48. The summed E-state index contributed by atoms with van der Waals surface area (Å²) < 4.78 is 5.98. The van der Waals surface area contributed by atoms with Gasteiger partial charge in [-0.15, -0.1) is 0 Å². The number of piperidine rings is 1. The van der Waals surface area contributed by atoms with Crippen molar-refractivity contribution in [3.8, 4) is 5.75 Å². The zero-order valence-corrected chi connectivity index (χ0v) is 15.9. The lowest BCUT2D eigenvalue weighted by Gasteiger charge is -2.32. The van der Waals surface area contributed by atoms with E-state index in [4.69, 9.17) is 4.74 Å². The van der Waals surface area contributed by atoms with Gasteiger partial charge in [0.15, 0.2) is 0 Å². The Morgan fingerprint density at radius 3 is 2.85 bits per heavy atom. The van der Waals surface area contributed by atoms with E-state index in [1.165, 1.54) is 0 Å². The van der Waals surface area contributed by atoms with E-state index in [1.54, 1.807) is 0 Å². The number of amides is 2. The van der Waals surface area contributed by atoms with Gasteiger partial charge in [-0.05, 0) is 42.5 Å². The topological polar surface area (TPSA) is 61.8 Å². The van der Waals surface area contributed by atoms with E-state index in [1.807, 2.05) is 60.4 Å². The standard InChI is InChI=1S/C22H28N2O3/c1-17-6-2-3-10-21(17)27-16-20-9-5-11-24(14-20)22(26)23-13-18-7-4-8-19(12-18)15-25/h2-4,6-8,10,12,20,25H,5,9,11,13-16H2,1H3,(H,23,26). The van der Waals surface area contributed by atoms with Gasteiger partial charge in [-0.1, -0.05) is 42.5 Å². The van der Waals surface area contributed by atoms with Crippen LogP contribution < -0.4 is 10.1 Å². The summed E-state index contributed by atoms with van der Waals surface area (Å²) in [6.45, 7) is 4.65. The number of urea groups is 1. The van der Waals surface area contributed by atoms with Crippen LogP contribution >= 0.6 is 0 Å². The quantitative estimate of drug-likeness (QED) is 0.820. The smallest absolute Gasteiger partial charge is 0.317 e. The summed E-state index contributed by atoms with van der Waals surface area (Å²) in [5.74, 6) is 1.27. The molecule has 0 spiro atoms. The lowest BCUT2D eigenvalue weighted by atomic mass is 9.99. The first-order chi connectivity index (χ1) is 13.2. The maximum Gasteiger partial charge on any atom is 0.317 e. The molecule has 2 aromatic carbocycles. The maximum atomic E-state index is 12.5. The summed E-state index contributed by atoms with van der Waals surface area (Å²) in [7, 11) is 0. The Morgan fingerprint density at radius 1 is 1.22 bits per heavy atom. The third-order valence-electron chi connectivity index (χ3n) is 4.99. The minimum Gasteiger partial charge on any atom is -0.493 e. The molecule has 0 bridgehead atoms. The fourth-order valence-corrected chi connectivity index (χ4v) is 3.44. The number of nitrogens with zero attached hydrogens (tertiary/aromatic N) is 1. The van der Waals surface area contributed by atoms with Gasteiger partial charge < -0.3 is 20.1 Å². The van der Waals surface area contributed by atoms with Crippen LogP contribution in [-0.2, 0) is 13.2 Å². The van der Waals surface area contributed by atoms with Crippen LogP contribution in [0, 0.1) is 12.8 Å². The molecule has 5 heteroatoms. The maximum absolute atomic E-state index is 12.5. The van der Waals surface area contributed by atoms with Crippen LogP contribution in [0.2, 0.25) is 0 Å². The van der Waals surface area contributed by atoms with Gasteiger partial charge in [0.25, 0.3) is 0 Å². The number of hydrogen-bond acceptors (Lipinski definition) is 3. The Kier molecular flexibility index (Phi) is 6.71. The van der Waals surface area contributed by atoms with Crippen molar-refractivity contribution in [2.75, 3.05) is 19.7 Å². The molecule has 1 atom stereocenters. The van der Waals surface area contributed by atoms with Crippen LogP contribution in [0.5, 0.6) is 5.75 Å². The number of likely N-dealkylation sites (tertiary alicyclic amines) is 1. The van der Waals surface area contributed by atoms with E-state index >= 15 is 0 Å². The van der Waals surface area contributed by atoms with Crippen LogP contribution in [0.1, 0.15) is 29.5 Å². The molecule has 2 amide bonds. The molecule has 0 radical (unpaired) electrons. The Morgan fingerprint density at radius 2 is 2.04 bits per heavy atom. The molecule has 1 aliphatic rings. The zero-order chi connectivity index (χ0) is 19.1. The minimum atomic E-state index is -0.0370. The highest BCUT2D eigenvalue weighted by atomic mass is 16.5. The van der Waals surface area contributed by atoms with E-state index in [2.05, 4.69) is 5.32 Å². The first-order valence-electron chi connectivity index (χ1n) is 9.55. The van der Waals surface area contributed by atoms with E-state index in [-0.39, 0.29) is 12.6 Å². The van der Waals surface area contributed by atoms with E-state index < -0.39 is 0 Å². The average Bonchev–Trinajstić information content (AvgIpc) is 2.72. The number of aliphatic hydroxyl groups is 1. The van der Waals surface area contributed by atoms with Gasteiger partial charge in [-0.25, -0.2) is 4.79 Å². The fraction of sp³-hybridized carbons (Fsp3) is 0.409. The third kappa shape index (κ3) is 5.47. The number of benzene rings is 2. The molecular formula is C22H28N2O3. The lowest BCUT2D eigenvalue weighted by molar-refractivity contribution is 0.137. The Labute approximate surface area is 161 Å². The van der Waals surface area contributed by atoms with Gasteiger partial charge in [-0.2, -0.15) is 0 Å². The van der Waals surface area contributed by atoms with Gasteiger partial charge in [-0.3, -0.25) is 0 Å². The molecule has 27 heavy (non-hydrogen) atoms. The van der Waals surface area contributed by atoms with E-state index in [0.717, 1.165) is 41.8 Å². The van der Waals surface area contributed by atoms with Gasteiger partial charge >= 0.3 is 6.03 Å². The number of ether oxygens (including phenoxy) is 1. The number of nitrogens with one attached hydrogen (secondary N) is 1. The third-order valence-corrected chi connectivity index (χ3v) is 4.99. The van der Waals surface area contributed by atoms with Gasteiger partial charge in [0.2, 0.25) is 0 Å². The van der Waals surface area contributed by atoms with Gasteiger partial charge in [0.05, 0.1) is 13.2 Å². The van der Waals surface area contributed by atoms with Gasteiger partial charge in [0, 0.05) is 25.6 Å². The van der Waals surface area contributed by atoms with Crippen LogP contribution in [0.4, 0.5) is 4.79 Å². The molecule has 1 saturated heterocycles. The highest BCUT2D eigenvalue weighted by molar-refractivity contribution is 5.74.